The minimum Gasteiger partial charge on any atom is -0.383 e. The minimum absolute atomic E-state index is 0.110. The number of amides is 4. The Labute approximate surface area is 256 Å². The van der Waals surface area contributed by atoms with Gasteiger partial charge in [0.25, 0.3) is 0 Å². The number of likely N-dealkylation sites (tertiary alicyclic amines) is 1. The van der Waals surface area contributed by atoms with Gasteiger partial charge in [0, 0.05) is 30.6 Å². The summed E-state index contributed by atoms with van der Waals surface area (Å²) in [5, 5.41) is 26.0. The Kier molecular flexibility index (Phi) is 10.2. The van der Waals surface area contributed by atoms with Crippen molar-refractivity contribution in [2.24, 2.45) is 0 Å². The molecule has 1 aromatic heterocycles. The summed E-state index contributed by atoms with van der Waals surface area (Å²) in [6.45, 7) is 0.706. The van der Waals surface area contributed by atoms with Crippen molar-refractivity contribution in [2.45, 2.75) is 56.0 Å². The van der Waals surface area contributed by atoms with Crippen LogP contribution in [0.3, 0.4) is 0 Å². The zero-order valence-electron chi connectivity index (χ0n) is 24.7. The molecule has 5 atom stereocenters. The second-order valence-corrected chi connectivity index (χ2v) is 11.4. The number of hydrogen-bond acceptors (Lipinski definition) is 8. The Morgan fingerprint density at radius 3 is 2.59 bits per heavy atom. The number of nitrogens with zero attached hydrogens (tertiary/aromatic N) is 2. The number of aliphatic hydroxyl groups excluding tert-OH is 1. The predicted molar refractivity (Wildman–Crippen MR) is 165 cm³/mol. The van der Waals surface area contributed by atoms with Gasteiger partial charge in [-0.2, -0.15) is 0 Å². The van der Waals surface area contributed by atoms with Gasteiger partial charge in [-0.1, -0.05) is 48.5 Å². The third-order valence-corrected chi connectivity index (χ3v) is 8.07. The fraction of sp³-hybridized carbons (Fsp3) is 0.406. The molecule has 3 heterocycles. The Hall–Kier alpha value is -4.39. The number of benzene rings is 2. The van der Waals surface area contributed by atoms with E-state index in [4.69, 9.17) is 0 Å². The Morgan fingerprint density at radius 2 is 1.80 bits per heavy atom. The van der Waals surface area contributed by atoms with Gasteiger partial charge >= 0.3 is 0 Å². The molecular weight excluding hydrogens is 562 g/mol. The Morgan fingerprint density at radius 1 is 1.02 bits per heavy atom. The molecule has 44 heavy (non-hydrogen) atoms. The molecule has 0 unspecified atom stereocenters. The van der Waals surface area contributed by atoms with Crippen molar-refractivity contribution in [3.63, 3.8) is 0 Å². The number of carbonyl (C=O) groups excluding carboxylic acids is 4. The topological polar surface area (TPSA) is 165 Å². The molecular formula is C32H39N7O5. The van der Waals surface area contributed by atoms with Crippen molar-refractivity contribution in [2.75, 3.05) is 32.0 Å². The van der Waals surface area contributed by atoms with Gasteiger partial charge in [0.2, 0.25) is 23.6 Å². The zero-order valence-corrected chi connectivity index (χ0v) is 24.7. The van der Waals surface area contributed by atoms with Crippen molar-refractivity contribution >= 4 is 40.2 Å². The van der Waals surface area contributed by atoms with Crippen LogP contribution in [0.15, 0.2) is 66.9 Å². The number of hydrogen-bond donors (Lipinski definition) is 6. The molecule has 2 aromatic carbocycles. The summed E-state index contributed by atoms with van der Waals surface area (Å²) >= 11 is 0. The second kappa shape index (κ2) is 14.4. The van der Waals surface area contributed by atoms with Crippen molar-refractivity contribution < 1.29 is 24.3 Å². The maximum Gasteiger partial charge on any atom is 0.249 e. The second-order valence-electron chi connectivity index (χ2n) is 11.4. The van der Waals surface area contributed by atoms with E-state index >= 15 is 0 Å². The molecule has 6 N–H and O–H groups in total. The highest BCUT2D eigenvalue weighted by Gasteiger charge is 2.44. The van der Waals surface area contributed by atoms with E-state index in [0.717, 1.165) is 16.5 Å². The van der Waals surface area contributed by atoms with E-state index in [1.54, 1.807) is 13.2 Å². The largest absolute Gasteiger partial charge is 0.383 e. The van der Waals surface area contributed by atoms with Gasteiger partial charge in [0.15, 0.2) is 0 Å². The third-order valence-electron chi connectivity index (χ3n) is 8.07. The zero-order chi connectivity index (χ0) is 31.1. The van der Waals surface area contributed by atoms with Crippen LogP contribution in [0.25, 0.3) is 10.9 Å². The monoisotopic (exact) mass is 601 g/mol. The molecule has 0 aliphatic carbocycles. The van der Waals surface area contributed by atoms with Crippen molar-refractivity contribution in [3.8, 4) is 0 Å². The van der Waals surface area contributed by atoms with E-state index in [2.05, 4.69) is 31.6 Å². The van der Waals surface area contributed by atoms with Crippen LogP contribution in [0.4, 0.5) is 5.69 Å². The van der Waals surface area contributed by atoms with Gasteiger partial charge in [-0.3, -0.25) is 24.2 Å². The molecule has 4 amide bonds. The SMILES string of the molecule is CNCC(=O)N[C@@H]1CN[C@H](C(=O)N2C[C@H](NC(=O)[C@H](O)CCc3ccccc3)C[C@H]2C(=O)Nc2cnc3ccccc3c2)C1. The lowest BCUT2D eigenvalue weighted by atomic mass is 10.1. The summed E-state index contributed by atoms with van der Waals surface area (Å²) in [4.78, 5) is 58.2. The molecule has 2 saturated heterocycles. The number of likely N-dealkylation sites (N-methyl/N-ethyl adjacent to an activating group) is 1. The molecule has 0 saturated carbocycles. The molecule has 5 rings (SSSR count). The molecule has 0 spiro atoms. The van der Waals surface area contributed by atoms with Gasteiger partial charge in [-0.05, 0) is 50.4 Å². The first-order valence-corrected chi connectivity index (χ1v) is 15.0. The molecule has 12 heteroatoms. The number of aliphatic hydroxyl groups is 1. The molecule has 12 nitrogen and oxygen atoms in total. The number of aromatic nitrogens is 1. The van der Waals surface area contributed by atoms with Crippen LogP contribution in [0.1, 0.15) is 24.8 Å². The first-order valence-electron chi connectivity index (χ1n) is 15.0. The molecule has 2 aliphatic rings. The van der Waals surface area contributed by atoms with E-state index < -0.39 is 36.0 Å². The lowest BCUT2D eigenvalue weighted by Crippen LogP contribution is -2.50. The van der Waals surface area contributed by atoms with Crippen LogP contribution in [0.2, 0.25) is 0 Å². The molecule has 0 bridgehead atoms. The third kappa shape index (κ3) is 7.76. The van der Waals surface area contributed by atoms with E-state index in [-0.39, 0.29) is 43.8 Å². The average Bonchev–Trinajstić information content (AvgIpc) is 3.67. The normalized spacial score (nSPS) is 22.0. The highest BCUT2D eigenvalue weighted by atomic mass is 16.3. The number of carbonyl (C=O) groups is 4. The molecule has 0 radical (unpaired) electrons. The smallest absolute Gasteiger partial charge is 0.249 e. The van der Waals surface area contributed by atoms with Crippen LogP contribution in [0.5, 0.6) is 0 Å². The number of pyridine rings is 1. The van der Waals surface area contributed by atoms with Crippen molar-refractivity contribution in [3.05, 3.63) is 72.4 Å². The van der Waals surface area contributed by atoms with Gasteiger partial charge in [0.05, 0.1) is 30.0 Å². The fourth-order valence-corrected chi connectivity index (χ4v) is 5.85. The quantitative estimate of drug-likeness (QED) is 0.183. The molecule has 2 fully saturated rings. The maximum absolute atomic E-state index is 13.8. The van der Waals surface area contributed by atoms with Crippen molar-refractivity contribution in [1.82, 2.24) is 31.2 Å². The lowest BCUT2D eigenvalue weighted by Gasteiger charge is -2.26. The van der Waals surface area contributed by atoms with Gasteiger partial charge in [-0.25, -0.2) is 0 Å². The van der Waals surface area contributed by atoms with E-state index in [1.807, 2.05) is 60.7 Å². The van der Waals surface area contributed by atoms with Gasteiger partial charge < -0.3 is 36.6 Å². The fourth-order valence-electron chi connectivity index (χ4n) is 5.85. The summed E-state index contributed by atoms with van der Waals surface area (Å²) in [5.41, 5.74) is 2.30. The molecule has 2 aliphatic heterocycles. The highest BCUT2D eigenvalue weighted by Crippen LogP contribution is 2.24. The summed E-state index contributed by atoms with van der Waals surface area (Å²) in [7, 11) is 1.68. The number of anilines is 1. The molecule has 3 aromatic rings. The number of para-hydroxylation sites is 1. The van der Waals surface area contributed by atoms with E-state index in [1.165, 1.54) is 4.90 Å². The summed E-state index contributed by atoms with van der Waals surface area (Å²) in [5.74, 6) is -1.38. The van der Waals surface area contributed by atoms with Crippen LogP contribution in [0, 0.1) is 0 Å². The first kappa shape index (κ1) is 31.0. The van der Waals surface area contributed by atoms with Crippen LogP contribution >= 0.6 is 0 Å². The standard InChI is InChI=1S/C32H39N7O5/c1-33-18-29(41)36-23-14-26(35-17-23)32(44)39-19-24(38-31(43)28(40)12-11-20-7-3-2-4-8-20)15-27(39)30(42)37-22-13-21-9-5-6-10-25(21)34-16-22/h2-10,13,16,23-24,26-28,33,35,40H,11-12,14-15,17-19H2,1H3,(H,36,41)(H,37,42)(H,38,43)/t23-,24+,26-,27-,28+/m0/s1. The predicted octanol–water partition coefficient (Wildman–Crippen LogP) is 0.319. The first-order chi connectivity index (χ1) is 21.3. The number of fused-ring (bicyclic) bond motifs is 1. The van der Waals surface area contributed by atoms with Crippen LogP contribution in [-0.4, -0.2) is 95.6 Å². The van der Waals surface area contributed by atoms with Crippen molar-refractivity contribution in [1.29, 1.82) is 0 Å². The molecule has 232 valence electrons. The summed E-state index contributed by atoms with van der Waals surface area (Å²) in [6, 6.07) is 16.7. The van der Waals surface area contributed by atoms with E-state index in [0.29, 0.717) is 25.1 Å². The lowest BCUT2D eigenvalue weighted by molar-refractivity contribution is -0.138. The highest BCUT2D eigenvalue weighted by molar-refractivity contribution is 5.99. The van der Waals surface area contributed by atoms with Crippen LogP contribution < -0.4 is 26.6 Å². The minimum atomic E-state index is -1.23. The van der Waals surface area contributed by atoms with Gasteiger partial charge in [0.1, 0.15) is 12.1 Å². The number of nitrogens with one attached hydrogen (secondary N) is 5. The van der Waals surface area contributed by atoms with E-state index in [9.17, 15) is 24.3 Å². The Balaban J connectivity index is 1.26. The van der Waals surface area contributed by atoms with Crippen LogP contribution in [-0.2, 0) is 25.6 Å². The number of rotatable bonds is 11. The van der Waals surface area contributed by atoms with Gasteiger partial charge in [-0.15, -0.1) is 0 Å². The number of aryl methyl sites for hydroxylation is 1. The summed E-state index contributed by atoms with van der Waals surface area (Å²) < 4.78 is 0. The summed E-state index contributed by atoms with van der Waals surface area (Å²) in [6.07, 6.45) is 1.69. The maximum atomic E-state index is 13.8. The Bertz CT molecular complexity index is 1490. The average molecular weight is 602 g/mol.